The van der Waals surface area contributed by atoms with Crippen LogP contribution in [0.25, 0.3) is 10.9 Å². The Labute approximate surface area is 119 Å². The van der Waals surface area contributed by atoms with Gasteiger partial charge in [0.2, 0.25) is 0 Å². The fraction of sp³-hybridized carbons (Fsp3) is 0.375. The molecule has 0 saturated heterocycles. The molecule has 1 aromatic carbocycles. The predicted molar refractivity (Wildman–Crippen MR) is 82.8 cm³/mol. The Bertz CT molecular complexity index is 637. The largest absolute Gasteiger partial charge is 0.399 e. The number of aromatic nitrogens is 1. The van der Waals surface area contributed by atoms with Gasteiger partial charge in [-0.1, -0.05) is 13.3 Å². The van der Waals surface area contributed by atoms with Gasteiger partial charge in [0, 0.05) is 30.4 Å². The highest BCUT2D eigenvalue weighted by Crippen LogP contribution is 2.22. The van der Waals surface area contributed by atoms with Crippen molar-refractivity contribution in [3.8, 4) is 0 Å². The predicted octanol–water partition coefficient (Wildman–Crippen LogP) is 3.00. The van der Waals surface area contributed by atoms with Crippen molar-refractivity contribution in [3.05, 3.63) is 35.5 Å². The summed E-state index contributed by atoms with van der Waals surface area (Å²) in [4.78, 5) is 18.8. The molecule has 1 aromatic heterocycles. The van der Waals surface area contributed by atoms with Gasteiger partial charge in [0.25, 0.3) is 5.91 Å². The normalized spacial score (nSPS) is 10.8. The maximum atomic E-state index is 12.6. The van der Waals surface area contributed by atoms with Crippen molar-refractivity contribution >= 4 is 22.5 Å². The molecule has 1 amide bonds. The molecule has 1 heterocycles. The second kappa shape index (κ2) is 5.90. The molecule has 0 saturated carbocycles. The highest BCUT2D eigenvalue weighted by atomic mass is 16.2. The molecule has 2 rings (SSSR count). The molecule has 0 aliphatic carbocycles. The van der Waals surface area contributed by atoms with E-state index < -0.39 is 0 Å². The zero-order valence-electron chi connectivity index (χ0n) is 12.3. The number of fused-ring (bicyclic) bond motifs is 1. The zero-order chi connectivity index (χ0) is 14.7. The van der Waals surface area contributed by atoms with E-state index in [1.54, 1.807) is 4.90 Å². The molecule has 0 unspecified atom stereocenters. The lowest BCUT2D eigenvalue weighted by Gasteiger charge is -2.18. The summed E-state index contributed by atoms with van der Waals surface area (Å²) >= 11 is 0. The zero-order valence-corrected chi connectivity index (χ0v) is 12.3. The van der Waals surface area contributed by atoms with E-state index in [9.17, 15) is 4.79 Å². The van der Waals surface area contributed by atoms with Gasteiger partial charge in [-0.15, -0.1) is 0 Å². The van der Waals surface area contributed by atoms with Crippen LogP contribution >= 0.6 is 0 Å². The number of hydrogen-bond acceptors (Lipinski definition) is 3. The fourth-order valence-corrected chi connectivity index (χ4v) is 2.26. The van der Waals surface area contributed by atoms with Crippen LogP contribution in [0.15, 0.2) is 24.3 Å². The average molecular weight is 271 g/mol. The summed E-state index contributed by atoms with van der Waals surface area (Å²) in [7, 11) is 1.84. The number of pyridine rings is 1. The van der Waals surface area contributed by atoms with E-state index in [1.807, 2.05) is 38.2 Å². The molecule has 0 aliphatic heterocycles. The van der Waals surface area contributed by atoms with Crippen molar-refractivity contribution in [2.75, 3.05) is 19.3 Å². The van der Waals surface area contributed by atoms with Gasteiger partial charge in [-0.25, -0.2) is 0 Å². The number of carbonyl (C=O) groups excluding carboxylic acids is 1. The summed E-state index contributed by atoms with van der Waals surface area (Å²) in [5.41, 5.74) is 8.81. The molecule has 0 bridgehead atoms. The van der Waals surface area contributed by atoms with Gasteiger partial charge in [-0.2, -0.15) is 0 Å². The van der Waals surface area contributed by atoms with Crippen molar-refractivity contribution < 1.29 is 4.79 Å². The van der Waals surface area contributed by atoms with Crippen LogP contribution in [0, 0.1) is 6.92 Å². The first-order chi connectivity index (χ1) is 9.52. The van der Waals surface area contributed by atoms with Crippen LogP contribution in [0.2, 0.25) is 0 Å². The van der Waals surface area contributed by atoms with Crippen LogP contribution < -0.4 is 5.73 Å². The Balaban J connectivity index is 2.47. The topological polar surface area (TPSA) is 59.2 Å². The summed E-state index contributed by atoms with van der Waals surface area (Å²) in [6.45, 7) is 4.78. The molecule has 4 nitrogen and oxygen atoms in total. The lowest BCUT2D eigenvalue weighted by molar-refractivity contribution is 0.0795. The molecule has 106 valence electrons. The van der Waals surface area contributed by atoms with Gasteiger partial charge in [0.05, 0.1) is 11.1 Å². The number of nitrogens with two attached hydrogens (primary N) is 1. The lowest BCUT2D eigenvalue weighted by Crippen LogP contribution is -2.28. The van der Waals surface area contributed by atoms with E-state index in [1.165, 1.54) is 0 Å². The van der Waals surface area contributed by atoms with Crippen LogP contribution in [0.4, 0.5) is 5.69 Å². The minimum atomic E-state index is 0.0274. The van der Waals surface area contributed by atoms with Crippen LogP contribution in [-0.4, -0.2) is 29.4 Å². The quantitative estimate of drug-likeness (QED) is 0.870. The smallest absolute Gasteiger partial charge is 0.254 e. The van der Waals surface area contributed by atoms with Crippen LogP contribution in [0.1, 0.15) is 35.8 Å². The van der Waals surface area contributed by atoms with Crippen LogP contribution in [-0.2, 0) is 0 Å². The number of benzene rings is 1. The molecule has 2 aromatic rings. The van der Waals surface area contributed by atoms with Gasteiger partial charge >= 0.3 is 0 Å². The second-order valence-corrected chi connectivity index (χ2v) is 5.17. The summed E-state index contributed by atoms with van der Waals surface area (Å²) in [5, 5.41) is 0.823. The van der Waals surface area contributed by atoms with Crippen molar-refractivity contribution in [3.63, 3.8) is 0 Å². The summed E-state index contributed by atoms with van der Waals surface area (Å²) in [6, 6.07) is 7.33. The second-order valence-electron chi connectivity index (χ2n) is 5.17. The molecule has 4 heteroatoms. The Morgan fingerprint density at radius 1 is 1.35 bits per heavy atom. The Morgan fingerprint density at radius 2 is 2.10 bits per heavy atom. The van der Waals surface area contributed by atoms with E-state index in [2.05, 4.69) is 11.9 Å². The number of anilines is 1. The minimum Gasteiger partial charge on any atom is -0.399 e. The van der Waals surface area contributed by atoms with Gasteiger partial charge in [0.15, 0.2) is 0 Å². The highest BCUT2D eigenvalue weighted by Gasteiger charge is 2.16. The van der Waals surface area contributed by atoms with E-state index >= 15 is 0 Å². The maximum Gasteiger partial charge on any atom is 0.254 e. The fourth-order valence-electron chi connectivity index (χ4n) is 2.26. The van der Waals surface area contributed by atoms with Crippen LogP contribution in [0.5, 0.6) is 0 Å². The first-order valence-electron chi connectivity index (χ1n) is 6.95. The average Bonchev–Trinajstić information content (AvgIpc) is 2.43. The third-order valence-electron chi connectivity index (χ3n) is 3.38. The highest BCUT2D eigenvalue weighted by molar-refractivity contribution is 6.06. The third kappa shape index (κ3) is 2.90. The summed E-state index contributed by atoms with van der Waals surface area (Å²) < 4.78 is 0. The molecule has 0 radical (unpaired) electrons. The van der Waals surface area contributed by atoms with Gasteiger partial charge < -0.3 is 10.6 Å². The number of nitrogens with zero attached hydrogens (tertiary/aromatic N) is 2. The standard InChI is InChI=1S/C16H21N3O/c1-4-5-8-19(3)16(20)14-9-11(2)18-15-7-6-12(17)10-13(14)15/h6-7,9-10H,4-5,8,17H2,1-3H3. The lowest BCUT2D eigenvalue weighted by atomic mass is 10.1. The number of amides is 1. The number of hydrogen-bond donors (Lipinski definition) is 1. The van der Waals surface area contributed by atoms with E-state index in [4.69, 9.17) is 5.73 Å². The van der Waals surface area contributed by atoms with Gasteiger partial charge in [-0.05, 0) is 37.6 Å². The molecular weight excluding hydrogens is 250 g/mol. The summed E-state index contributed by atoms with van der Waals surface area (Å²) in [6.07, 6.45) is 2.08. The molecule has 0 atom stereocenters. The molecule has 2 N–H and O–H groups in total. The van der Waals surface area contributed by atoms with E-state index in [-0.39, 0.29) is 5.91 Å². The minimum absolute atomic E-state index is 0.0274. The van der Waals surface area contributed by atoms with Crippen molar-refractivity contribution in [2.24, 2.45) is 0 Å². The summed E-state index contributed by atoms with van der Waals surface area (Å²) in [5.74, 6) is 0.0274. The number of aryl methyl sites for hydroxylation is 1. The third-order valence-corrected chi connectivity index (χ3v) is 3.38. The van der Waals surface area contributed by atoms with Gasteiger partial charge in [-0.3, -0.25) is 9.78 Å². The number of unbranched alkanes of at least 4 members (excludes halogenated alkanes) is 1. The molecule has 20 heavy (non-hydrogen) atoms. The Hall–Kier alpha value is -2.10. The van der Waals surface area contributed by atoms with E-state index in [0.717, 1.165) is 36.0 Å². The number of nitrogen functional groups attached to an aromatic ring is 1. The van der Waals surface area contributed by atoms with Crippen molar-refractivity contribution in [1.82, 2.24) is 9.88 Å². The number of carbonyl (C=O) groups is 1. The Kier molecular flexibility index (Phi) is 4.23. The molecule has 0 fully saturated rings. The first-order valence-corrected chi connectivity index (χ1v) is 6.95. The monoisotopic (exact) mass is 271 g/mol. The molecular formula is C16H21N3O. The van der Waals surface area contributed by atoms with Gasteiger partial charge in [0.1, 0.15) is 0 Å². The first kappa shape index (κ1) is 14.3. The Morgan fingerprint density at radius 3 is 2.80 bits per heavy atom. The van der Waals surface area contributed by atoms with Crippen LogP contribution in [0.3, 0.4) is 0 Å². The molecule has 0 aliphatic rings. The SMILES string of the molecule is CCCCN(C)C(=O)c1cc(C)nc2ccc(N)cc12. The van der Waals surface area contributed by atoms with Crippen molar-refractivity contribution in [2.45, 2.75) is 26.7 Å². The number of rotatable bonds is 4. The maximum absolute atomic E-state index is 12.6. The van der Waals surface area contributed by atoms with Crippen molar-refractivity contribution in [1.29, 1.82) is 0 Å². The van der Waals surface area contributed by atoms with E-state index in [0.29, 0.717) is 11.3 Å². The molecule has 0 spiro atoms.